The van der Waals surface area contributed by atoms with E-state index in [0.29, 0.717) is 22.2 Å². The van der Waals surface area contributed by atoms with Crippen LogP contribution in [0.25, 0.3) is 17.4 Å². The van der Waals surface area contributed by atoms with Gasteiger partial charge < -0.3 is 9.73 Å². The smallest absolute Gasteiger partial charge is 0.266 e. The molecular formula is C20H12BrClN2O2. The standard InChI is InChI=1S/C20H12BrClN2O2/c21-18-4-2-1-3-17(18)19-10-9-16(26-19)11-13(12-23)20(25)24-15-7-5-14(22)6-8-15/h1-11H,(H,24,25). The molecule has 0 radical (unpaired) electrons. The summed E-state index contributed by atoms with van der Waals surface area (Å²) in [6.07, 6.45) is 1.41. The van der Waals surface area contributed by atoms with Crippen LogP contribution in [0, 0.1) is 11.3 Å². The number of hydrogen-bond donors (Lipinski definition) is 1. The largest absolute Gasteiger partial charge is 0.457 e. The molecule has 0 bridgehead atoms. The Balaban J connectivity index is 1.81. The molecule has 1 N–H and O–H groups in total. The number of rotatable bonds is 4. The number of benzene rings is 2. The summed E-state index contributed by atoms with van der Waals surface area (Å²) in [5.41, 5.74) is 1.37. The number of halogens is 2. The monoisotopic (exact) mass is 426 g/mol. The van der Waals surface area contributed by atoms with Crippen molar-refractivity contribution in [3.05, 3.63) is 81.5 Å². The van der Waals surface area contributed by atoms with Crippen molar-refractivity contribution in [3.8, 4) is 17.4 Å². The summed E-state index contributed by atoms with van der Waals surface area (Å²) in [5.74, 6) is 0.534. The molecule has 6 heteroatoms. The molecule has 3 aromatic rings. The number of nitrogens with zero attached hydrogens (tertiary/aromatic N) is 1. The first-order chi connectivity index (χ1) is 12.6. The molecule has 0 aliphatic carbocycles. The zero-order chi connectivity index (χ0) is 18.5. The molecule has 0 fully saturated rings. The van der Waals surface area contributed by atoms with Crippen LogP contribution >= 0.6 is 27.5 Å². The van der Waals surface area contributed by atoms with E-state index in [-0.39, 0.29) is 5.57 Å². The number of nitrogens with one attached hydrogen (secondary N) is 1. The summed E-state index contributed by atoms with van der Waals surface area (Å²) in [7, 11) is 0. The average molecular weight is 428 g/mol. The molecule has 1 heterocycles. The number of anilines is 1. The van der Waals surface area contributed by atoms with Gasteiger partial charge in [-0.1, -0.05) is 45.7 Å². The molecule has 3 rings (SSSR count). The molecule has 2 aromatic carbocycles. The van der Waals surface area contributed by atoms with E-state index in [4.69, 9.17) is 16.0 Å². The van der Waals surface area contributed by atoms with Crippen LogP contribution in [0.15, 0.2) is 75.1 Å². The number of carbonyl (C=O) groups excluding carboxylic acids is 1. The van der Waals surface area contributed by atoms with Crippen LogP contribution < -0.4 is 5.32 Å². The van der Waals surface area contributed by atoms with E-state index in [1.165, 1.54) is 6.08 Å². The van der Waals surface area contributed by atoms with Crippen LogP contribution in [0.5, 0.6) is 0 Å². The minimum atomic E-state index is -0.520. The number of amides is 1. The van der Waals surface area contributed by atoms with Crippen LogP contribution in [0.3, 0.4) is 0 Å². The van der Waals surface area contributed by atoms with Crippen molar-refractivity contribution >= 4 is 45.2 Å². The predicted molar refractivity (Wildman–Crippen MR) is 106 cm³/mol. The van der Waals surface area contributed by atoms with Crippen LogP contribution in [0.1, 0.15) is 5.76 Å². The van der Waals surface area contributed by atoms with Crippen molar-refractivity contribution in [1.29, 1.82) is 5.26 Å². The van der Waals surface area contributed by atoms with Gasteiger partial charge in [-0.05, 0) is 42.5 Å². The van der Waals surface area contributed by atoms with Gasteiger partial charge in [-0.2, -0.15) is 5.26 Å². The lowest BCUT2D eigenvalue weighted by molar-refractivity contribution is -0.112. The average Bonchev–Trinajstić information content (AvgIpc) is 3.10. The first-order valence-corrected chi connectivity index (χ1v) is 8.77. The van der Waals surface area contributed by atoms with Gasteiger partial charge in [0, 0.05) is 26.8 Å². The second kappa shape index (κ2) is 8.05. The van der Waals surface area contributed by atoms with Gasteiger partial charge in [0.1, 0.15) is 23.2 Å². The van der Waals surface area contributed by atoms with Crippen molar-refractivity contribution in [2.45, 2.75) is 0 Å². The first kappa shape index (κ1) is 18.0. The molecule has 0 saturated heterocycles. The van der Waals surface area contributed by atoms with Crippen LogP contribution in [0.2, 0.25) is 5.02 Å². The molecule has 0 atom stereocenters. The molecule has 0 saturated carbocycles. The van der Waals surface area contributed by atoms with E-state index in [1.54, 1.807) is 36.4 Å². The predicted octanol–water partition coefficient (Wildman–Crippen LogP) is 5.91. The fourth-order valence-electron chi connectivity index (χ4n) is 2.26. The van der Waals surface area contributed by atoms with Gasteiger partial charge >= 0.3 is 0 Å². The van der Waals surface area contributed by atoms with Gasteiger partial charge in [-0.3, -0.25) is 4.79 Å². The molecule has 128 valence electrons. The van der Waals surface area contributed by atoms with Crippen molar-refractivity contribution < 1.29 is 9.21 Å². The third-order valence-corrected chi connectivity index (χ3v) is 4.46. The highest BCUT2D eigenvalue weighted by Crippen LogP contribution is 2.30. The number of nitriles is 1. The maximum absolute atomic E-state index is 12.3. The van der Waals surface area contributed by atoms with Crippen LogP contribution in [-0.2, 0) is 4.79 Å². The Kier molecular flexibility index (Phi) is 5.57. The highest BCUT2D eigenvalue weighted by atomic mass is 79.9. The Labute approximate surface area is 163 Å². The van der Waals surface area contributed by atoms with E-state index in [9.17, 15) is 10.1 Å². The highest BCUT2D eigenvalue weighted by Gasteiger charge is 2.12. The summed E-state index contributed by atoms with van der Waals surface area (Å²) in [4.78, 5) is 12.3. The second-order valence-electron chi connectivity index (χ2n) is 5.31. The Morgan fingerprint density at radius 2 is 1.85 bits per heavy atom. The molecule has 26 heavy (non-hydrogen) atoms. The number of carbonyl (C=O) groups is 1. The summed E-state index contributed by atoms with van der Waals surface area (Å²) in [5, 5.41) is 12.5. The molecular weight excluding hydrogens is 416 g/mol. The molecule has 0 aliphatic heterocycles. The summed E-state index contributed by atoms with van der Waals surface area (Å²) in [6.45, 7) is 0. The van der Waals surface area contributed by atoms with Crippen LogP contribution in [0.4, 0.5) is 5.69 Å². The summed E-state index contributed by atoms with van der Waals surface area (Å²) in [6, 6.07) is 19.7. The van der Waals surface area contributed by atoms with Gasteiger partial charge in [0.25, 0.3) is 5.91 Å². The minimum absolute atomic E-state index is 0.0621. The second-order valence-corrected chi connectivity index (χ2v) is 6.60. The van der Waals surface area contributed by atoms with Gasteiger partial charge in [-0.15, -0.1) is 0 Å². The van der Waals surface area contributed by atoms with E-state index in [0.717, 1.165) is 10.0 Å². The SMILES string of the molecule is N#CC(=Cc1ccc(-c2ccccc2Br)o1)C(=O)Nc1ccc(Cl)cc1. The Morgan fingerprint density at radius 3 is 2.54 bits per heavy atom. The highest BCUT2D eigenvalue weighted by molar-refractivity contribution is 9.10. The molecule has 1 aromatic heterocycles. The van der Waals surface area contributed by atoms with Gasteiger partial charge in [0.2, 0.25) is 0 Å². The van der Waals surface area contributed by atoms with Crippen LogP contribution in [-0.4, -0.2) is 5.91 Å². The van der Waals surface area contributed by atoms with Crippen molar-refractivity contribution in [2.75, 3.05) is 5.32 Å². The fourth-order valence-corrected chi connectivity index (χ4v) is 2.86. The zero-order valence-corrected chi connectivity index (χ0v) is 15.7. The van der Waals surface area contributed by atoms with Crippen molar-refractivity contribution in [1.82, 2.24) is 0 Å². The topological polar surface area (TPSA) is 66.0 Å². The number of hydrogen-bond acceptors (Lipinski definition) is 3. The molecule has 0 aliphatic rings. The maximum atomic E-state index is 12.3. The Morgan fingerprint density at radius 1 is 1.12 bits per heavy atom. The lowest BCUT2D eigenvalue weighted by Gasteiger charge is -2.03. The summed E-state index contributed by atoms with van der Waals surface area (Å²) >= 11 is 9.29. The quantitative estimate of drug-likeness (QED) is 0.416. The van der Waals surface area contributed by atoms with E-state index >= 15 is 0 Å². The molecule has 0 spiro atoms. The fraction of sp³-hybridized carbons (Fsp3) is 0. The molecule has 4 nitrogen and oxygen atoms in total. The normalized spacial score (nSPS) is 11.0. The van der Waals surface area contributed by atoms with Gasteiger partial charge in [-0.25, -0.2) is 0 Å². The Bertz CT molecular complexity index is 1020. The lowest BCUT2D eigenvalue weighted by Crippen LogP contribution is -2.13. The maximum Gasteiger partial charge on any atom is 0.266 e. The summed E-state index contributed by atoms with van der Waals surface area (Å²) < 4.78 is 6.64. The van der Waals surface area contributed by atoms with Crippen molar-refractivity contribution in [2.24, 2.45) is 0 Å². The molecule has 1 amide bonds. The van der Waals surface area contributed by atoms with Crippen molar-refractivity contribution in [3.63, 3.8) is 0 Å². The lowest BCUT2D eigenvalue weighted by atomic mass is 10.2. The molecule has 0 unspecified atom stereocenters. The first-order valence-electron chi connectivity index (χ1n) is 7.60. The van der Waals surface area contributed by atoms with E-state index in [2.05, 4.69) is 21.2 Å². The Hall–Kier alpha value is -2.81. The number of furan rings is 1. The third-order valence-electron chi connectivity index (χ3n) is 3.52. The van der Waals surface area contributed by atoms with E-state index < -0.39 is 5.91 Å². The third kappa shape index (κ3) is 4.23. The minimum Gasteiger partial charge on any atom is -0.457 e. The van der Waals surface area contributed by atoms with Gasteiger partial charge in [0.15, 0.2) is 0 Å². The van der Waals surface area contributed by atoms with Gasteiger partial charge in [0.05, 0.1) is 0 Å². The van der Waals surface area contributed by atoms with E-state index in [1.807, 2.05) is 30.3 Å². The zero-order valence-electron chi connectivity index (χ0n) is 13.4.